The van der Waals surface area contributed by atoms with Crippen LogP contribution in [0.2, 0.25) is 0 Å². The zero-order valence-electron chi connectivity index (χ0n) is 10.1. The van der Waals surface area contributed by atoms with Crippen LogP contribution in [0.25, 0.3) is 0 Å². The minimum atomic E-state index is -3.85. The van der Waals surface area contributed by atoms with E-state index in [1.54, 1.807) is 12.1 Å². The van der Waals surface area contributed by atoms with Crippen LogP contribution in [-0.2, 0) is 14.8 Å². The lowest BCUT2D eigenvalue weighted by Gasteiger charge is -2.19. The summed E-state index contributed by atoms with van der Waals surface area (Å²) >= 11 is 4.64. The smallest absolute Gasteiger partial charge is 0.241 e. The Hall–Kier alpha value is -0.570. The van der Waals surface area contributed by atoms with E-state index in [2.05, 4.69) is 20.7 Å². The Labute approximate surface area is 125 Å². The molecule has 1 atom stereocenters. The standard InChI is InChI=1S/C11H14BrNO4S2/c1-18-7-6-10(11(14)15)13-19(16,17)9-4-2-8(12)3-5-9/h2-5,10,13H,6-7H2,1H3,(H,14,15)/p-1/t10-/m0/s1. The maximum absolute atomic E-state index is 12.0. The molecule has 0 fully saturated rings. The number of aliphatic carboxylic acids is 1. The molecule has 8 heteroatoms. The quantitative estimate of drug-likeness (QED) is 0.763. The number of hydrogen-bond donors (Lipinski definition) is 1. The molecule has 106 valence electrons. The van der Waals surface area contributed by atoms with E-state index in [1.165, 1.54) is 23.9 Å². The van der Waals surface area contributed by atoms with E-state index < -0.39 is 22.0 Å². The maximum Gasteiger partial charge on any atom is 0.241 e. The SMILES string of the molecule is CSCC[C@H](NS(=O)(=O)c1ccc(Br)cc1)C(=O)[O-]. The van der Waals surface area contributed by atoms with Crippen LogP contribution in [-0.4, -0.2) is 32.4 Å². The molecule has 0 aliphatic rings. The van der Waals surface area contributed by atoms with Gasteiger partial charge in [-0.15, -0.1) is 0 Å². The first-order valence-corrected chi connectivity index (χ1v) is 9.01. The van der Waals surface area contributed by atoms with Crippen molar-refractivity contribution in [2.45, 2.75) is 17.4 Å². The molecule has 0 heterocycles. The lowest BCUT2D eigenvalue weighted by Crippen LogP contribution is -2.48. The molecule has 19 heavy (non-hydrogen) atoms. The number of carboxylic acid groups (broad SMARTS) is 1. The van der Waals surface area contributed by atoms with Crippen molar-refractivity contribution in [3.8, 4) is 0 Å². The van der Waals surface area contributed by atoms with Gasteiger partial charge in [-0.25, -0.2) is 13.1 Å². The van der Waals surface area contributed by atoms with Crippen LogP contribution >= 0.6 is 27.7 Å². The van der Waals surface area contributed by atoms with Crippen LogP contribution in [0, 0.1) is 0 Å². The van der Waals surface area contributed by atoms with E-state index in [1.807, 2.05) is 6.26 Å². The maximum atomic E-state index is 12.0. The predicted octanol–water partition coefficient (Wildman–Crippen LogP) is 0.599. The van der Waals surface area contributed by atoms with Crippen molar-refractivity contribution in [3.63, 3.8) is 0 Å². The van der Waals surface area contributed by atoms with Crippen molar-refractivity contribution in [1.82, 2.24) is 4.72 Å². The van der Waals surface area contributed by atoms with Crippen molar-refractivity contribution >= 4 is 43.7 Å². The molecule has 0 aliphatic heterocycles. The Bertz CT molecular complexity index is 530. The van der Waals surface area contributed by atoms with Gasteiger partial charge in [0.05, 0.1) is 16.9 Å². The summed E-state index contributed by atoms with van der Waals surface area (Å²) in [6, 6.07) is 4.72. The molecule has 1 aromatic rings. The molecule has 1 rings (SSSR count). The Morgan fingerprint density at radius 2 is 2.00 bits per heavy atom. The molecule has 0 saturated heterocycles. The molecule has 0 saturated carbocycles. The summed E-state index contributed by atoms with van der Waals surface area (Å²) in [7, 11) is -3.85. The number of benzene rings is 1. The largest absolute Gasteiger partial charge is 0.548 e. The van der Waals surface area contributed by atoms with Crippen LogP contribution in [0.1, 0.15) is 6.42 Å². The van der Waals surface area contributed by atoms with Crippen molar-refractivity contribution in [1.29, 1.82) is 0 Å². The molecule has 0 unspecified atom stereocenters. The molecule has 5 nitrogen and oxygen atoms in total. The van der Waals surface area contributed by atoms with Gasteiger partial charge >= 0.3 is 0 Å². The highest BCUT2D eigenvalue weighted by Gasteiger charge is 2.20. The predicted molar refractivity (Wildman–Crippen MR) is 76.3 cm³/mol. The van der Waals surface area contributed by atoms with Gasteiger partial charge in [0.2, 0.25) is 10.0 Å². The monoisotopic (exact) mass is 366 g/mol. The van der Waals surface area contributed by atoms with Gasteiger partial charge in [0.1, 0.15) is 0 Å². The molecule has 0 amide bonds. The van der Waals surface area contributed by atoms with Gasteiger partial charge in [0, 0.05) is 4.47 Å². The molecule has 1 N–H and O–H groups in total. The number of sulfonamides is 1. The fourth-order valence-electron chi connectivity index (χ4n) is 1.33. The van der Waals surface area contributed by atoms with Crippen LogP contribution < -0.4 is 9.83 Å². The Morgan fingerprint density at radius 1 is 1.42 bits per heavy atom. The average molecular weight is 367 g/mol. The van der Waals surface area contributed by atoms with Gasteiger partial charge in [-0.2, -0.15) is 11.8 Å². The third kappa shape index (κ3) is 5.13. The summed E-state index contributed by atoms with van der Waals surface area (Å²) in [5.41, 5.74) is 0. The second-order valence-corrected chi connectivity index (χ2v) is 7.34. The average Bonchev–Trinajstić information content (AvgIpc) is 2.34. The van der Waals surface area contributed by atoms with Crippen LogP contribution in [0.5, 0.6) is 0 Å². The van der Waals surface area contributed by atoms with Gasteiger partial charge < -0.3 is 9.90 Å². The number of carboxylic acids is 1. The number of halogens is 1. The minimum absolute atomic E-state index is 0.0195. The molecular formula is C11H13BrNO4S2-. The van der Waals surface area contributed by atoms with Gasteiger partial charge in [-0.1, -0.05) is 15.9 Å². The molecule has 0 bridgehead atoms. The van der Waals surface area contributed by atoms with E-state index in [-0.39, 0.29) is 11.3 Å². The minimum Gasteiger partial charge on any atom is -0.548 e. The topological polar surface area (TPSA) is 86.3 Å². The molecule has 1 aromatic carbocycles. The summed E-state index contributed by atoms with van der Waals surface area (Å²) in [5, 5.41) is 10.9. The normalized spacial score (nSPS) is 13.2. The van der Waals surface area contributed by atoms with E-state index in [9.17, 15) is 18.3 Å². The van der Waals surface area contributed by atoms with Crippen molar-refractivity contribution in [2.24, 2.45) is 0 Å². The highest BCUT2D eigenvalue weighted by atomic mass is 79.9. The van der Waals surface area contributed by atoms with E-state index >= 15 is 0 Å². The number of nitrogens with one attached hydrogen (secondary N) is 1. The van der Waals surface area contributed by atoms with Crippen LogP contribution in [0.3, 0.4) is 0 Å². The molecular weight excluding hydrogens is 354 g/mol. The number of carbonyl (C=O) groups is 1. The number of carbonyl (C=O) groups excluding carboxylic acids is 1. The van der Waals surface area contributed by atoms with Gasteiger partial charge in [0.25, 0.3) is 0 Å². The van der Waals surface area contributed by atoms with Crippen molar-refractivity contribution < 1.29 is 18.3 Å². The number of hydrogen-bond acceptors (Lipinski definition) is 5. The molecule has 0 spiro atoms. The first-order valence-electron chi connectivity index (χ1n) is 5.34. The fraction of sp³-hybridized carbons (Fsp3) is 0.364. The zero-order valence-corrected chi connectivity index (χ0v) is 13.3. The van der Waals surface area contributed by atoms with E-state index in [0.29, 0.717) is 5.75 Å². The Morgan fingerprint density at radius 3 is 2.47 bits per heavy atom. The summed E-state index contributed by atoms with van der Waals surface area (Å²) in [6.45, 7) is 0. The summed E-state index contributed by atoms with van der Waals surface area (Å²) in [4.78, 5) is 10.9. The Balaban J connectivity index is 2.87. The lowest BCUT2D eigenvalue weighted by molar-refractivity contribution is -0.308. The van der Waals surface area contributed by atoms with Crippen molar-refractivity contribution in [2.75, 3.05) is 12.0 Å². The van der Waals surface area contributed by atoms with E-state index in [4.69, 9.17) is 0 Å². The fourth-order valence-corrected chi connectivity index (χ4v) is 3.28. The molecule has 0 radical (unpaired) electrons. The van der Waals surface area contributed by atoms with Gasteiger partial charge in [-0.3, -0.25) is 0 Å². The zero-order chi connectivity index (χ0) is 14.5. The van der Waals surface area contributed by atoms with Gasteiger partial charge in [-0.05, 0) is 42.7 Å². The first kappa shape index (κ1) is 16.5. The number of rotatable bonds is 7. The summed E-state index contributed by atoms with van der Waals surface area (Å²) < 4.78 is 26.9. The first-order chi connectivity index (χ1) is 8.86. The third-order valence-electron chi connectivity index (χ3n) is 2.32. The number of thioether (sulfide) groups is 1. The van der Waals surface area contributed by atoms with Crippen LogP contribution in [0.15, 0.2) is 33.6 Å². The van der Waals surface area contributed by atoms with Crippen molar-refractivity contribution in [3.05, 3.63) is 28.7 Å². The molecule has 0 aromatic heterocycles. The van der Waals surface area contributed by atoms with E-state index in [0.717, 1.165) is 4.47 Å². The highest BCUT2D eigenvalue weighted by Crippen LogP contribution is 2.15. The second-order valence-electron chi connectivity index (χ2n) is 3.73. The summed E-state index contributed by atoms with van der Waals surface area (Å²) in [6.07, 6.45) is 1.99. The lowest BCUT2D eigenvalue weighted by atomic mass is 10.2. The second kappa shape index (κ2) is 7.28. The Kier molecular flexibility index (Phi) is 6.31. The van der Waals surface area contributed by atoms with Crippen LogP contribution in [0.4, 0.5) is 0 Å². The summed E-state index contributed by atoms with van der Waals surface area (Å²) in [5.74, 6) is -0.892. The molecule has 0 aliphatic carbocycles. The van der Waals surface area contributed by atoms with Gasteiger partial charge in [0.15, 0.2) is 0 Å². The highest BCUT2D eigenvalue weighted by molar-refractivity contribution is 9.10. The third-order valence-corrected chi connectivity index (χ3v) is 4.98.